The molecule has 1 aromatic rings. The maximum absolute atomic E-state index is 12.5. The number of halogens is 1. The van der Waals surface area contributed by atoms with Crippen LogP contribution in [0.5, 0.6) is 0 Å². The lowest BCUT2D eigenvalue weighted by molar-refractivity contribution is -0.883. The largest absolute Gasteiger partial charge is 0.545 e. The molecule has 0 spiro atoms. The van der Waals surface area contributed by atoms with Crippen molar-refractivity contribution in [3.8, 4) is 0 Å². The molecule has 0 aliphatic carbocycles. The first-order valence-electron chi connectivity index (χ1n) is 6.14. The Hall–Kier alpha value is -0.960. The number of carboxylic acid groups (broad SMARTS) is 1. The molecule has 1 aliphatic heterocycles. The van der Waals surface area contributed by atoms with Crippen LogP contribution in [0.15, 0.2) is 27.6 Å². The van der Waals surface area contributed by atoms with Crippen molar-refractivity contribution in [1.82, 2.24) is 4.31 Å². The Labute approximate surface area is 126 Å². The van der Waals surface area contributed by atoms with Gasteiger partial charge in [0.15, 0.2) is 0 Å². The maximum atomic E-state index is 12.5. The molecule has 0 saturated carbocycles. The van der Waals surface area contributed by atoms with Gasteiger partial charge in [-0.3, -0.25) is 0 Å². The summed E-state index contributed by atoms with van der Waals surface area (Å²) in [7, 11) is -1.65. The van der Waals surface area contributed by atoms with Crippen molar-refractivity contribution in [3.63, 3.8) is 0 Å². The third-order valence-electron chi connectivity index (χ3n) is 3.32. The Morgan fingerprint density at radius 1 is 1.30 bits per heavy atom. The lowest BCUT2D eigenvalue weighted by atomic mass is 10.2. The van der Waals surface area contributed by atoms with Gasteiger partial charge in [-0.15, -0.1) is 0 Å². The van der Waals surface area contributed by atoms with E-state index in [0.717, 1.165) is 19.2 Å². The van der Waals surface area contributed by atoms with Crippen LogP contribution in [0, 0.1) is 0 Å². The third-order valence-corrected chi connectivity index (χ3v) is 5.65. The molecule has 110 valence electrons. The lowest BCUT2D eigenvalue weighted by Crippen LogP contribution is -3.12. The van der Waals surface area contributed by atoms with Gasteiger partial charge in [-0.2, -0.15) is 4.31 Å². The van der Waals surface area contributed by atoms with Gasteiger partial charge in [0, 0.05) is 4.47 Å². The number of benzene rings is 1. The summed E-state index contributed by atoms with van der Waals surface area (Å²) in [6.45, 7) is 2.34. The minimum Gasteiger partial charge on any atom is -0.545 e. The quantitative estimate of drug-likeness (QED) is 0.697. The van der Waals surface area contributed by atoms with Gasteiger partial charge in [0.2, 0.25) is 10.0 Å². The van der Waals surface area contributed by atoms with Crippen LogP contribution in [-0.2, 0) is 10.0 Å². The van der Waals surface area contributed by atoms with Crippen LogP contribution in [0.4, 0.5) is 0 Å². The molecule has 20 heavy (non-hydrogen) atoms. The number of carbonyl (C=O) groups is 1. The van der Waals surface area contributed by atoms with Crippen LogP contribution in [0.2, 0.25) is 0 Å². The van der Waals surface area contributed by atoms with Crippen LogP contribution in [-0.4, -0.2) is 51.9 Å². The molecule has 8 heteroatoms. The second kappa shape index (κ2) is 5.80. The Kier molecular flexibility index (Phi) is 4.48. The number of hydrogen-bond acceptors (Lipinski definition) is 4. The highest BCUT2D eigenvalue weighted by molar-refractivity contribution is 9.10. The van der Waals surface area contributed by atoms with Crippen LogP contribution < -0.4 is 10.0 Å². The van der Waals surface area contributed by atoms with Gasteiger partial charge in [0.05, 0.1) is 44.1 Å². The molecule has 0 atom stereocenters. The second-order valence-electron chi connectivity index (χ2n) is 4.82. The molecule has 6 nitrogen and oxygen atoms in total. The summed E-state index contributed by atoms with van der Waals surface area (Å²) in [5, 5.41) is 10.9. The summed E-state index contributed by atoms with van der Waals surface area (Å²) >= 11 is 3.13. The van der Waals surface area contributed by atoms with E-state index in [9.17, 15) is 18.3 Å². The summed E-state index contributed by atoms with van der Waals surface area (Å²) < 4.78 is 26.8. The molecule has 1 aromatic carbocycles. The number of piperazine rings is 1. The first-order valence-corrected chi connectivity index (χ1v) is 8.37. The summed E-state index contributed by atoms with van der Waals surface area (Å²) in [6, 6.07) is 3.87. The van der Waals surface area contributed by atoms with E-state index >= 15 is 0 Å². The number of quaternary nitrogens is 1. The van der Waals surface area contributed by atoms with Crippen molar-refractivity contribution < 1.29 is 23.2 Å². The number of nitrogens with one attached hydrogen (secondary N) is 1. The minimum absolute atomic E-state index is 0.0226. The molecule has 1 N–H and O–H groups in total. The SMILES string of the molecule is C[NH+]1CCN(S(=O)(=O)c2cc(Br)cc(C(=O)[O-])c2)CC1. The van der Waals surface area contributed by atoms with Crippen molar-refractivity contribution in [3.05, 3.63) is 28.2 Å². The molecule has 1 heterocycles. The van der Waals surface area contributed by atoms with Gasteiger partial charge >= 0.3 is 0 Å². The first-order chi connectivity index (χ1) is 9.30. The van der Waals surface area contributed by atoms with Crippen molar-refractivity contribution >= 4 is 31.9 Å². The smallest absolute Gasteiger partial charge is 0.243 e. The normalized spacial score (nSPS) is 18.1. The van der Waals surface area contributed by atoms with E-state index in [2.05, 4.69) is 15.9 Å². The summed E-state index contributed by atoms with van der Waals surface area (Å²) in [6.07, 6.45) is 0. The molecule has 1 aliphatic rings. The monoisotopic (exact) mass is 362 g/mol. The van der Waals surface area contributed by atoms with Crippen LogP contribution >= 0.6 is 15.9 Å². The number of carboxylic acids is 1. The van der Waals surface area contributed by atoms with E-state index in [-0.39, 0.29) is 10.5 Å². The molecule has 0 amide bonds. The average molecular weight is 363 g/mol. The van der Waals surface area contributed by atoms with Gasteiger partial charge < -0.3 is 14.8 Å². The lowest BCUT2D eigenvalue weighted by Gasteiger charge is -2.29. The summed E-state index contributed by atoms with van der Waals surface area (Å²) in [5.74, 6) is -1.40. The zero-order chi connectivity index (χ0) is 14.9. The zero-order valence-electron chi connectivity index (χ0n) is 10.9. The predicted molar refractivity (Wildman–Crippen MR) is 73.9 cm³/mol. The number of aromatic carboxylic acids is 1. The van der Waals surface area contributed by atoms with Gasteiger partial charge in [-0.25, -0.2) is 8.42 Å². The van der Waals surface area contributed by atoms with Crippen molar-refractivity contribution in [2.24, 2.45) is 0 Å². The first kappa shape index (κ1) is 15.4. The van der Waals surface area contributed by atoms with Crippen LogP contribution in [0.3, 0.4) is 0 Å². The molecular weight excluding hydrogens is 348 g/mol. The van der Waals surface area contributed by atoms with E-state index in [1.807, 2.05) is 7.05 Å². The zero-order valence-corrected chi connectivity index (χ0v) is 13.3. The van der Waals surface area contributed by atoms with E-state index in [1.165, 1.54) is 21.3 Å². The van der Waals surface area contributed by atoms with Crippen LogP contribution in [0.1, 0.15) is 10.4 Å². The number of hydrogen-bond donors (Lipinski definition) is 1. The fourth-order valence-corrected chi connectivity index (χ4v) is 4.24. The molecule has 1 saturated heterocycles. The fourth-order valence-electron chi connectivity index (χ4n) is 2.09. The van der Waals surface area contributed by atoms with Crippen molar-refractivity contribution in [1.29, 1.82) is 0 Å². The van der Waals surface area contributed by atoms with Crippen LogP contribution in [0.25, 0.3) is 0 Å². The Morgan fingerprint density at radius 2 is 1.90 bits per heavy atom. The van der Waals surface area contributed by atoms with E-state index in [1.54, 1.807) is 0 Å². The van der Waals surface area contributed by atoms with Gasteiger partial charge in [-0.1, -0.05) is 15.9 Å². The summed E-state index contributed by atoms with van der Waals surface area (Å²) in [4.78, 5) is 12.2. The fraction of sp³-hybridized carbons (Fsp3) is 0.417. The molecule has 0 unspecified atom stereocenters. The third kappa shape index (κ3) is 3.20. The van der Waals surface area contributed by atoms with Gasteiger partial charge in [-0.05, 0) is 23.8 Å². The molecular formula is C12H15BrN2O4S. The van der Waals surface area contributed by atoms with Crippen molar-refractivity contribution in [2.45, 2.75) is 4.90 Å². The van der Waals surface area contributed by atoms with E-state index in [4.69, 9.17) is 0 Å². The standard InChI is InChI=1S/C12H15BrN2O4S/c1-14-2-4-15(5-3-14)20(18,19)11-7-9(12(16)17)6-10(13)8-11/h6-8H,2-5H2,1H3,(H,16,17). The predicted octanol–water partition coefficient (Wildman–Crippen LogP) is -1.67. The molecule has 1 fully saturated rings. The number of carbonyl (C=O) groups excluding carboxylic acids is 1. The molecule has 0 bridgehead atoms. The number of likely N-dealkylation sites (N-methyl/N-ethyl adjacent to an activating group) is 1. The summed E-state index contributed by atoms with van der Waals surface area (Å²) in [5.41, 5.74) is -0.155. The maximum Gasteiger partial charge on any atom is 0.243 e. The van der Waals surface area contributed by atoms with E-state index < -0.39 is 16.0 Å². The number of rotatable bonds is 3. The van der Waals surface area contributed by atoms with E-state index in [0.29, 0.717) is 17.6 Å². The highest BCUT2D eigenvalue weighted by atomic mass is 79.9. The second-order valence-corrected chi connectivity index (χ2v) is 7.68. The molecule has 0 radical (unpaired) electrons. The number of nitrogens with zero attached hydrogens (tertiary/aromatic N) is 1. The highest BCUT2D eigenvalue weighted by Gasteiger charge is 2.29. The topological polar surface area (TPSA) is 82.0 Å². The van der Waals surface area contributed by atoms with Gasteiger partial charge in [0.25, 0.3) is 0 Å². The highest BCUT2D eigenvalue weighted by Crippen LogP contribution is 2.22. The van der Waals surface area contributed by atoms with Gasteiger partial charge in [0.1, 0.15) is 0 Å². The molecule has 0 aromatic heterocycles. The Morgan fingerprint density at radius 3 is 2.45 bits per heavy atom. The average Bonchev–Trinajstić information content (AvgIpc) is 2.38. The Bertz CT molecular complexity index is 624. The minimum atomic E-state index is -3.67. The van der Waals surface area contributed by atoms with Crippen molar-refractivity contribution in [2.75, 3.05) is 33.2 Å². The number of sulfonamides is 1. The Balaban J connectivity index is 2.36. The molecule has 2 rings (SSSR count).